The highest BCUT2D eigenvalue weighted by atomic mass is 32.1. The van der Waals surface area contributed by atoms with Crippen LogP contribution >= 0.6 is 12.6 Å². The van der Waals surface area contributed by atoms with Crippen LogP contribution in [0.5, 0.6) is 0 Å². The van der Waals surface area contributed by atoms with Gasteiger partial charge in [0.1, 0.15) is 0 Å². The summed E-state index contributed by atoms with van der Waals surface area (Å²) in [6.45, 7) is 2.41. The van der Waals surface area contributed by atoms with Crippen molar-refractivity contribution in [1.29, 1.82) is 0 Å². The predicted octanol–water partition coefficient (Wildman–Crippen LogP) is 1.90. The molecule has 1 aromatic rings. The molecule has 0 radical (unpaired) electrons. The van der Waals surface area contributed by atoms with E-state index in [9.17, 15) is 14.7 Å². The molecule has 19 heavy (non-hydrogen) atoms. The second kappa shape index (κ2) is 5.65. The lowest BCUT2D eigenvalue weighted by Crippen LogP contribution is -2.35. The first-order chi connectivity index (χ1) is 9.02. The second-order valence-electron chi connectivity index (χ2n) is 4.95. The topological polar surface area (TPSA) is 57.6 Å². The van der Waals surface area contributed by atoms with E-state index in [1.807, 2.05) is 19.1 Å². The van der Waals surface area contributed by atoms with E-state index < -0.39 is 12.0 Å². The summed E-state index contributed by atoms with van der Waals surface area (Å²) in [4.78, 5) is 24.9. The van der Waals surface area contributed by atoms with Crippen LogP contribution in [0.1, 0.15) is 23.6 Å². The van der Waals surface area contributed by atoms with Crippen LogP contribution in [-0.4, -0.2) is 34.2 Å². The van der Waals surface area contributed by atoms with Gasteiger partial charge in [0.2, 0.25) is 5.91 Å². The minimum Gasteiger partial charge on any atom is -0.479 e. The summed E-state index contributed by atoms with van der Waals surface area (Å²) >= 11 is 4.19. The number of carbonyl (C=O) groups is 2. The number of carbonyl (C=O) groups excluding carboxylic acids is 1. The molecule has 1 aliphatic rings. The molecule has 102 valence electrons. The van der Waals surface area contributed by atoms with Gasteiger partial charge in [-0.3, -0.25) is 4.79 Å². The number of thiol groups is 1. The van der Waals surface area contributed by atoms with E-state index in [1.54, 1.807) is 12.1 Å². The number of aliphatic carboxylic acids is 1. The SMILES string of the molecule is Cc1ccc(C(C(=O)O)N2CC(CS)CC2=O)cc1. The number of hydrogen-bond acceptors (Lipinski definition) is 3. The van der Waals surface area contributed by atoms with Gasteiger partial charge >= 0.3 is 5.97 Å². The monoisotopic (exact) mass is 279 g/mol. The number of likely N-dealkylation sites (tertiary alicyclic amines) is 1. The van der Waals surface area contributed by atoms with Gasteiger partial charge in [-0.1, -0.05) is 29.8 Å². The highest BCUT2D eigenvalue weighted by Gasteiger charge is 2.37. The van der Waals surface area contributed by atoms with E-state index in [0.717, 1.165) is 5.56 Å². The number of amides is 1. The average Bonchev–Trinajstić information content (AvgIpc) is 2.73. The van der Waals surface area contributed by atoms with Crippen molar-refractivity contribution in [1.82, 2.24) is 4.90 Å². The average molecular weight is 279 g/mol. The van der Waals surface area contributed by atoms with Crippen LogP contribution < -0.4 is 0 Å². The van der Waals surface area contributed by atoms with E-state index in [4.69, 9.17) is 0 Å². The highest BCUT2D eigenvalue weighted by Crippen LogP contribution is 2.29. The van der Waals surface area contributed by atoms with Gasteiger partial charge < -0.3 is 10.0 Å². The maximum atomic E-state index is 12.0. The Morgan fingerprint density at radius 3 is 2.58 bits per heavy atom. The summed E-state index contributed by atoms with van der Waals surface area (Å²) in [6.07, 6.45) is 0.388. The molecular weight excluding hydrogens is 262 g/mol. The molecule has 1 aromatic carbocycles. The Bertz CT molecular complexity index is 486. The molecule has 1 saturated heterocycles. The lowest BCUT2D eigenvalue weighted by Gasteiger charge is -2.25. The van der Waals surface area contributed by atoms with E-state index in [-0.39, 0.29) is 11.8 Å². The van der Waals surface area contributed by atoms with Gasteiger partial charge in [-0.2, -0.15) is 12.6 Å². The Kier molecular flexibility index (Phi) is 4.14. The van der Waals surface area contributed by atoms with Crippen molar-refractivity contribution in [2.24, 2.45) is 5.92 Å². The molecule has 5 heteroatoms. The summed E-state index contributed by atoms with van der Waals surface area (Å²) < 4.78 is 0. The Morgan fingerprint density at radius 2 is 2.11 bits per heavy atom. The number of nitrogens with zero attached hydrogens (tertiary/aromatic N) is 1. The van der Waals surface area contributed by atoms with Crippen molar-refractivity contribution in [2.45, 2.75) is 19.4 Å². The predicted molar refractivity (Wildman–Crippen MR) is 75.2 cm³/mol. The highest BCUT2D eigenvalue weighted by molar-refractivity contribution is 7.80. The Morgan fingerprint density at radius 1 is 1.47 bits per heavy atom. The number of aryl methyl sites for hydroxylation is 1. The van der Waals surface area contributed by atoms with Gasteiger partial charge in [-0.15, -0.1) is 0 Å². The minimum atomic E-state index is -0.989. The molecule has 0 saturated carbocycles. The molecule has 0 aliphatic carbocycles. The molecule has 2 unspecified atom stereocenters. The van der Waals surface area contributed by atoms with Crippen molar-refractivity contribution in [3.8, 4) is 0 Å². The van der Waals surface area contributed by atoms with E-state index in [0.29, 0.717) is 24.3 Å². The quantitative estimate of drug-likeness (QED) is 0.828. The number of carboxylic acid groups (broad SMARTS) is 1. The summed E-state index contributed by atoms with van der Waals surface area (Å²) in [5.74, 6) is -0.352. The van der Waals surface area contributed by atoms with Gasteiger partial charge in [0.15, 0.2) is 6.04 Å². The number of carboxylic acids is 1. The zero-order valence-electron chi connectivity index (χ0n) is 10.7. The molecule has 2 rings (SSSR count). The fourth-order valence-corrected chi connectivity index (χ4v) is 2.63. The molecular formula is C14H17NO3S. The summed E-state index contributed by atoms with van der Waals surface area (Å²) in [7, 11) is 0. The molecule has 1 heterocycles. The first kappa shape index (κ1) is 13.9. The molecule has 2 atom stereocenters. The maximum absolute atomic E-state index is 12.0. The molecule has 0 spiro atoms. The molecule has 0 aromatic heterocycles. The lowest BCUT2D eigenvalue weighted by molar-refractivity contribution is -0.148. The van der Waals surface area contributed by atoms with Crippen LogP contribution in [-0.2, 0) is 9.59 Å². The van der Waals surface area contributed by atoms with Crippen molar-refractivity contribution in [3.05, 3.63) is 35.4 Å². The molecule has 1 N–H and O–H groups in total. The van der Waals surface area contributed by atoms with Crippen LogP contribution in [0.3, 0.4) is 0 Å². The number of benzene rings is 1. The van der Waals surface area contributed by atoms with Crippen molar-refractivity contribution >= 4 is 24.5 Å². The first-order valence-corrected chi connectivity index (χ1v) is 6.86. The van der Waals surface area contributed by atoms with Crippen LogP contribution in [0.25, 0.3) is 0 Å². The van der Waals surface area contributed by atoms with Crippen molar-refractivity contribution < 1.29 is 14.7 Å². The molecule has 0 bridgehead atoms. The van der Waals surface area contributed by atoms with Gasteiger partial charge in [0.25, 0.3) is 0 Å². The Balaban J connectivity index is 2.28. The third kappa shape index (κ3) is 2.92. The van der Waals surface area contributed by atoms with Crippen LogP contribution in [0.2, 0.25) is 0 Å². The number of rotatable bonds is 4. The fourth-order valence-electron chi connectivity index (χ4n) is 2.39. The maximum Gasteiger partial charge on any atom is 0.331 e. The molecule has 4 nitrogen and oxygen atoms in total. The van der Waals surface area contributed by atoms with Gasteiger partial charge in [0.05, 0.1) is 0 Å². The lowest BCUT2D eigenvalue weighted by atomic mass is 10.0. The fraction of sp³-hybridized carbons (Fsp3) is 0.429. The van der Waals surface area contributed by atoms with E-state index in [1.165, 1.54) is 4.90 Å². The zero-order valence-corrected chi connectivity index (χ0v) is 11.6. The minimum absolute atomic E-state index is 0.105. The van der Waals surface area contributed by atoms with Gasteiger partial charge in [-0.05, 0) is 24.2 Å². The Hall–Kier alpha value is -1.49. The van der Waals surface area contributed by atoms with E-state index >= 15 is 0 Å². The van der Waals surface area contributed by atoms with Crippen LogP contribution in [0.15, 0.2) is 24.3 Å². The first-order valence-electron chi connectivity index (χ1n) is 6.22. The third-order valence-electron chi connectivity index (χ3n) is 3.44. The van der Waals surface area contributed by atoms with Gasteiger partial charge in [0, 0.05) is 13.0 Å². The normalized spacial score (nSPS) is 20.6. The summed E-state index contributed by atoms with van der Waals surface area (Å²) in [5, 5.41) is 9.42. The standard InChI is InChI=1S/C14H17NO3S/c1-9-2-4-11(5-3-9)13(14(17)18)15-7-10(8-19)6-12(15)16/h2-5,10,13,19H,6-8H2,1H3,(H,17,18). The largest absolute Gasteiger partial charge is 0.479 e. The summed E-state index contributed by atoms with van der Waals surface area (Å²) in [5.41, 5.74) is 1.71. The second-order valence-corrected chi connectivity index (χ2v) is 5.32. The smallest absolute Gasteiger partial charge is 0.331 e. The van der Waals surface area contributed by atoms with Crippen LogP contribution in [0, 0.1) is 12.8 Å². The molecule has 1 fully saturated rings. The van der Waals surface area contributed by atoms with Crippen molar-refractivity contribution in [3.63, 3.8) is 0 Å². The molecule has 1 aliphatic heterocycles. The van der Waals surface area contributed by atoms with E-state index in [2.05, 4.69) is 12.6 Å². The van der Waals surface area contributed by atoms with Crippen molar-refractivity contribution in [2.75, 3.05) is 12.3 Å². The summed E-state index contributed by atoms with van der Waals surface area (Å²) in [6, 6.07) is 6.38. The Labute approximate surface area is 117 Å². The number of hydrogen-bond donors (Lipinski definition) is 2. The van der Waals surface area contributed by atoms with Gasteiger partial charge in [-0.25, -0.2) is 4.79 Å². The van der Waals surface area contributed by atoms with Crippen LogP contribution in [0.4, 0.5) is 0 Å². The third-order valence-corrected chi connectivity index (χ3v) is 3.95. The molecule has 1 amide bonds. The zero-order chi connectivity index (χ0) is 14.0.